The summed E-state index contributed by atoms with van der Waals surface area (Å²) in [5.74, 6) is 0.771. The second-order valence-corrected chi connectivity index (χ2v) is 10.2. The number of aromatic nitrogens is 2. The van der Waals surface area contributed by atoms with Crippen LogP contribution < -0.4 is 4.74 Å². The number of likely N-dealkylation sites (tertiary alicyclic amines) is 1. The lowest BCUT2D eigenvalue weighted by Gasteiger charge is -2.39. The molecule has 0 amide bonds. The molecular formula is C30H39N3O4. The van der Waals surface area contributed by atoms with Crippen molar-refractivity contribution in [2.75, 3.05) is 26.7 Å². The summed E-state index contributed by atoms with van der Waals surface area (Å²) in [5, 5.41) is 21.4. The van der Waals surface area contributed by atoms with Crippen LogP contribution in [0.25, 0.3) is 10.9 Å². The summed E-state index contributed by atoms with van der Waals surface area (Å²) in [6, 6.07) is 11.7. The highest BCUT2D eigenvalue weighted by molar-refractivity contribution is 5.83. The Labute approximate surface area is 219 Å². The van der Waals surface area contributed by atoms with Crippen LogP contribution in [0, 0.1) is 11.8 Å². The second-order valence-electron chi connectivity index (χ2n) is 10.2. The number of ether oxygens (including phenoxy) is 1. The Morgan fingerprint density at radius 2 is 2.05 bits per heavy atom. The number of pyridine rings is 2. The Kier molecular flexibility index (Phi) is 9.85. The van der Waals surface area contributed by atoms with Crippen LogP contribution in [-0.2, 0) is 11.2 Å². The molecule has 37 heavy (non-hydrogen) atoms. The highest BCUT2D eigenvalue weighted by Gasteiger charge is 2.30. The lowest BCUT2D eigenvalue weighted by molar-refractivity contribution is -0.137. The third-order valence-corrected chi connectivity index (χ3v) is 7.77. The van der Waals surface area contributed by atoms with Crippen LogP contribution in [0.5, 0.6) is 5.75 Å². The fraction of sp³-hybridized carbons (Fsp3) is 0.500. The Balaban J connectivity index is 1.32. The number of aryl methyl sites for hydroxylation is 1. The lowest BCUT2D eigenvalue weighted by Crippen LogP contribution is -2.41. The number of nitrogens with zero attached hydrogens (tertiary/aromatic N) is 3. The molecule has 2 aromatic heterocycles. The number of aliphatic hydroxyl groups excluding tert-OH is 1. The molecule has 0 radical (unpaired) electrons. The van der Waals surface area contributed by atoms with E-state index in [9.17, 15) is 15.0 Å². The summed E-state index contributed by atoms with van der Waals surface area (Å²) in [7, 11) is 1.64. The number of hydrogen-bond donors (Lipinski definition) is 2. The van der Waals surface area contributed by atoms with E-state index in [4.69, 9.17) is 4.74 Å². The van der Waals surface area contributed by atoms with Gasteiger partial charge >= 0.3 is 5.97 Å². The molecule has 2 N–H and O–H groups in total. The van der Waals surface area contributed by atoms with E-state index in [1.807, 2.05) is 36.5 Å². The zero-order chi connectivity index (χ0) is 26.0. The van der Waals surface area contributed by atoms with Gasteiger partial charge in [-0.15, -0.1) is 0 Å². The fourth-order valence-electron chi connectivity index (χ4n) is 5.68. The van der Waals surface area contributed by atoms with Crippen molar-refractivity contribution in [3.63, 3.8) is 0 Å². The number of fused-ring (bicyclic) bond motifs is 1. The first-order chi connectivity index (χ1) is 18.0. The van der Waals surface area contributed by atoms with Gasteiger partial charge in [-0.3, -0.25) is 14.8 Å². The number of rotatable bonds is 13. The average Bonchev–Trinajstić information content (AvgIpc) is 2.93. The van der Waals surface area contributed by atoms with E-state index in [1.54, 1.807) is 19.5 Å². The molecule has 3 atom stereocenters. The summed E-state index contributed by atoms with van der Waals surface area (Å²) in [4.78, 5) is 22.5. The molecule has 0 aliphatic carbocycles. The van der Waals surface area contributed by atoms with Crippen molar-refractivity contribution in [3.8, 4) is 5.75 Å². The lowest BCUT2D eigenvalue weighted by atomic mass is 9.79. The highest BCUT2D eigenvalue weighted by atomic mass is 16.5. The van der Waals surface area contributed by atoms with E-state index in [0.717, 1.165) is 74.0 Å². The van der Waals surface area contributed by atoms with E-state index in [2.05, 4.69) is 20.9 Å². The van der Waals surface area contributed by atoms with Gasteiger partial charge in [-0.2, -0.15) is 0 Å². The van der Waals surface area contributed by atoms with Crippen LogP contribution >= 0.6 is 0 Å². The smallest absolute Gasteiger partial charge is 0.303 e. The Bertz CT molecular complexity index is 1140. The predicted molar refractivity (Wildman–Crippen MR) is 145 cm³/mol. The van der Waals surface area contributed by atoms with Crippen LogP contribution in [0.4, 0.5) is 0 Å². The molecule has 1 aliphatic rings. The maximum absolute atomic E-state index is 11.3. The van der Waals surface area contributed by atoms with Crippen molar-refractivity contribution in [1.82, 2.24) is 14.9 Å². The minimum absolute atomic E-state index is 0.202. The van der Waals surface area contributed by atoms with Gasteiger partial charge in [0.25, 0.3) is 0 Å². The highest BCUT2D eigenvalue weighted by Crippen LogP contribution is 2.35. The molecule has 0 saturated carbocycles. The van der Waals surface area contributed by atoms with E-state index < -0.39 is 12.1 Å². The van der Waals surface area contributed by atoms with Crippen molar-refractivity contribution in [3.05, 3.63) is 66.1 Å². The molecule has 7 nitrogen and oxygen atoms in total. The van der Waals surface area contributed by atoms with Gasteiger partial charge < -0.3 is 19.8 Å². The van der Waals surface area contributed by atoms with Gasteiger partial charge in [0.15, 0.2) is 0 Å². The SMILES string of the molecule is COc1ccc2nccc([C@@H](O)CCC3CCN(CCCCc4cccnc4)CC3CCC(=O)O)c2c1. The summed E-state index contributed by atoms with van der Waals surface area (Å²) >= 11 is 0. The minimum atomic E-state index is -0.732. The number of carbonyl (C=O) groups is 1. The van der Waals surface area contributed by atoms with E-state index in [0.29, 0.717) is 24.7 Å². The van der Waals surface area contributed by atoms with Gasteiger partial charge in [-0.05, 0) is 111 Å². The van der Waals surface area contributed by atoms with Crippen LogP contribution in [-0.4, -0.2) is 57.8 Å². The Morgan fingerprint density at radius 3 is 2.84 bits per heavy atom. The maximum atomic E-state index is 11.3. The summed E-state index contributed by atoms with van der Waals surface area (Å²) < 4.78 is 5.38. The van der Waals surface area contributed by atoms with Crippen LogP contribution in [0.1, 0.15) is 62.2 Å². The van der Waals surface area contributed by atoms with Crippen molar-refractivity contribution in [1.29, 1.82) is 0 Å². The van der Waals surface area contributed by atoms with Gasteiger partial charge in [0.1, 0.15) is 5.75 Å². The van der Waals surface area contributed by atoms with Gasteiger partial charge in [0, 0.05) is 36.9 Å². The maximum Gasteiger partial charge on any atom is 0.303 e. The predicted octanol–water partition coefficient (Wildman–Crippen LogP) is 5.28. The summed E-state index contributed by atoms with van der Waals surface area (Å²) in [6.07, 6.45) is 11.7. The van der Waals surface area contributed by atoms with Gasteiger partial charge in [-0.25, -0.2) is 0 Å². The quantitative estimate of drug-likeness (QED) is 0.305. The number of piperidine rings is 1. The van der Waals surface area contributed by atoms with E-state index >= 15 is 0 Å². The van der Waals surface area contributed by atoms with Gasteiger partial charge in [0.05, 0.1) is 18.7 Å². The first-order valence-electron chi connectivity index (χ1n) is 13.5. The Hall–Kier alpha value is -3.03. The van der Waals surface area contributed by atoms with Crippen molar-refractivity contribution >= 4 is 16.9 Å². The molecule has 3 aromatic rings. The summed E-state index contributed by atoms with van der Waals surface area (Å²) in [5.41, 5.74) is 2.99. The average molecular weight is 506 g/mol. The number of methoxy groups -OCH3 is 1. The standard InChI is InChI=1S/C30H39N3O4/c1-37-25-9-10-28-27(19-25)26(13-16-32-28)29(34)11-7-23-14-18-33(21-24(23)8-12-30(35)36)17-3-2-5-22-6-4-15-31-20-22/h4,6,9-10,13,15-16,19-20,23-24,29,34H,2-3,5,7-8,11-12,14,17-18,21H2,1H3,(H,35,36)/t23?,24?,29-/m0/s1. The topological polar surface area (TPSA) is 95.8 Å². The van der Waals surface area contributed by atoms with Crippen LogP contribution in [0.15, 0.2) is 55.0 Å². The molecule has 0 spiro atoms. The molecule has 7 heteroatoms. The molecule has 1 aliphatic heterocycles. The molecule has 4 rings (SSSR count). The van der Waals surface area contributed by atoms with Gasteiger partial charge in [0.2, 0.25) is 0 Å². The van der Waals surface area contributed by atoms with E-state index in [-0.39, 0.29) is 6.42 Å². The van der Waals surface area contributed by atoms with Crippen LogP contribution in [0.2, 0.25) is 0 Å². The van der Waals surface area contributed by atoms with Crippen molar-refractivity contribution in [2.24, 2.45) is 11.8 Å². The van der Waals surface area contributed by atoms with E-state index in [1.165, 1.54) is 5.56 Å². The number of carboxylic acids is 1. The third-order valence-electron chi connectivity index (χ3n) is 7.77. The molecule has 1 aromatic carbocycles. The monoisotopic (exact) mass is 505 g/mol. The molecule has 1 fully saturated rings. The normalized spacial score (nSPS) is 19.1. The molecular weight excluding hydrogens is 466 g/mol. The first-order valence-corrected chi connectivity index (χ1v) is 13.5. The zero-order valence-corrected chi connectivity index (χ0v) is 21.8. The number of aliphatic carboxylic acids is 1. The van der Waals surface area contributed by atoms with Crippen molar-refractivity contribution < 1.29 is 19.7 Å². The zero-order valence-electron chi connectivity index (χ0n) is 21.8. The first kappa shape index (κ1) is 27.0. The number of unbranched alkanes of at least 4 members (excludes halogenated alkanes) is 1. The largest absolute Gasteiger partial charge is 0.497 e. The van der Waals surface area contributed by atoms with Crippen LogP contribution in [0.3, 0.4) is 0 Å². The number of hydrogen-bond acceptors (Lipinski definition) is 6. The molecule has 3 heterocycles. The molecule has 2 unspecified atom stereocenters. The number of benzene rings is 1. The number of carboxylic acid groups (broad SMARTS) is 1. The Morgan fingerprint density at radius 1 is 1.16 bits per heavy atom. The third kappa shape index (κ3) is 7.73. The molecule has 0 bridgehead atoms. The van der Waals surface area contributed by atoms with Gasteiger partial charge in [-0.1, -0.05) is 6.07 Å². The molecule has 198 valence electrons. The fourth-order valence-corrected chi connectivity index (χ4v) is 5.68. The summed E-state index contributed by atoms with van der Waals surface area (Å²) in [6.45, 7) is 3.02. The second kappa shape index (κ2) is 13.5. The number of aliphatic hydroxyl groups is 1. The van der Waals surface area contributed by atoms with Crippen molar-refractivity contribution in [2.45, 2.75) is 57.5 Å². The molecule has 1 saturated heterocycles. The minimum Gasteiger partial charge on any atom is -0.497 e.